The van der Waals surface area contributed by atoms with Gasteiger partial charge in [0, 0.05) is 31.5 Å². The van der Waals surface area contributed by atoms with Gasteiger partial charge >= 0.3 is 0 Å². The van der Waals surface area contributed by atoms with Crippen molar-refractivity contribution in [2.24, 2.45) is 0 Å². The highest BCUT2D eigenvalue weighted by atomic mass is 32.2. The van der Waals surface area contributed by atoms with Crippen molar-refractivity contribution < 1.29 is 22.7 Å². The van der Waals surface area contributed by atoms with Gasteiger partial charge in [0.15, 0.2) is 0 Å². The number of ether oxygens (including phenoxy) is 1. The molecule has 2 aromatic carbocycles. The van der Waals surface area contributed by atoms with Crippen molar-refractivity contribution in [1.29, 1.82) is 0 Å². The Morgan fingerprint density at radius 3 is 2.50 bits per heavy atom. The van der Waals surface area contributed by atoms with Crippen LogP contribution in [0, 0.1) is 0 Å². The summed E-state index contributed by atoms with van der Waals surface area (Å²) in [5, 5.41) is 2.80. The first kappa shape index (κ1) is 24.2. The van der Waals surface area contributed by atoms with Crippen LogP contribution in [0.3, 0.4) is 0 Å². The van der Waals surface area contributed by atoms with Gasteiger partial charge in [-0.25, -0.2) is 8.42 Å². The maximum Gasteiger partial charge on any atom is 0.261 e. The van der Waals surface area contributed by atoms with Crippen molar-refractivity contribution in [1.82, 2.24) is 10.2 Å². The first-order chi connectivity index (χ1) is 16.4. The van der Waals surface area contributed by atoms with Crippen LogP contribution in [-0.4, -0.2) is 58.0 Å². The average molecular weight is 486 g/mol. The molecule has 1 saturated heterocycles. The van der Waals surface area contributed by atoms with Crippen molar-refractivity contribution in [3.8, 4) is 0 Å². The van der Waals surface area contributed by atoms with E-state index in [-0.39, 0.29) is 16.7 Å². The van der Waals surface area contributed by atoms with Gasteiger partial charge in [-0.15, -0.1) is 0 Å². The molecule has 1 heterocycles. The highest BCUT2D eigenvalue weighted by molar-refractivity contribution is 7.92. The van der Waals surface area contributed by atoms with Crippen molar-refractivity contribution in [3.63, 3.8) is 0 Å². The minimum absolute atomic E-state index is 0.183. The second-order valence-corrected chi connectivity index (χ2v) is 10.4. The third-order valence-corrected chi connectivity index (χ3v) is 7.82. The Morgan fingerprint density at radius 2 is 1.76 bits per heavy atom. The summed E-state index contributed by atoms with van der Waals surface area (Å²) in [7, 11) is -2.17. The second kappa shape index (κ2) is 10.6. The van der Waals surface area contributed by atoms with Gasteiger partial charge in [0.1, 0.15) is 6.04 Å². The molecule has 182 valence electrons. The third-order valence-electron chi connectivity index (χ3n) is 6.44. The molecule has 1 aliphatic heterocycles. The van der Waals surface area contributed by atoms with Crippen molar-refractivity contribution >= 4 is 27.5 Å². The number of nitrogens with zero attached hydrogens (tertiary/aromatic N) is 1. The van der Waals surface area contributed by atoms with Crippen LogP contribution >= 0.6 is 0 Å². The highest BCUT2D eigenvalue weighted by Gasteiger charge is 2.34. The van der Waals surface area contributed by atoms with E-state index in [2.05, 4.69) is 10.0 Å². The van der Waals surface area contributed by atoms with E-state index in [9.17, 15) is 18.0 Å². The van der Waals surface area contributed by atoms with Crippen LogP contribution in [0.15, 0.2) is 47.4 Å². The van der Waals surface area contributed by atoms with Gasteiger partial charge in [-0.2, -0.15) is 0 Å². The first-order valence-corrected chi connectivity index (χ1v) is 13.2. The molecule has 9 heteroatoms. The van der Waals surface area contributed by atoms with Gasteiger partial charge in [0.2, 0.25) is 5.91 Å². The van der Waals surface area contributed by atoms with Crippen LogP contribution in [0.2, 0.25) is 0 Å². The predicted molar refractivity (Wildman–Crippen MR) is 129 cm³/mol. The number of benzene rings is 2. The number of fused-ring (bicyclic) bond motifs is 1. The number of likely N-dealkylation sites (tertiary alicyclic amines) is 1. The van der Waals surface area contributed by atoms with Crippen molar-refractivity contribution in [2.75, 3.05) is 31.5 Å². The fourth-order valence-corrected chi connectivity index (χ4v) is 5.72. The summed E-state index contributed by atoms with van der Waals surface area (Å²) < 4.78 is 33.4. The standard InChI is InChI=1S/C25H31N3O5S/c1-33-16-14-26-24(29)23-7-4-15-28(23)25(30)19-8-11-21(12-9-19)27-34(31,32)22-13-10-18-5-2-3-6-20(18)17-22/h8-13,17,23,27H,2-7,14-16H2,1H3,(H,26,29). The molecule has 0 spiro atoms. The van der Waals surface area contributed by atoms with Crippen molar-refractivity contribution in [2.45, 2.75) is 49.5 Å². The number of carbonyl (C=O) groups is 2. The Hall–Kier alpha value is -2.91. The molecular weight excluding hydrogens is 454 g/mol. The summed E-state index contributed by atoms with van der Waals surface area (Å²) in [5.41, 5.74) is 3.11. The van der Waals surface area contributed by atoms with Gasteiger partial charge in [-0.05, 0) is 86.1 Å². The topological polar surface area (TPSA) is 105 Å². The Morgan fingerprint density at radius 1 is 1.03 bits per heavy atom. The molecule has 0 aromatic heterocycles. The molecule has 0 bridgehead atoms. The molecule has 34 heavy (non-hydrogen) atoms. The molecule has 4 rings (SSSR count). The van der Waals surface area contributed by atoms with Gasteiger partial charge in [0.05, 0.1) is 11.5 Å². The van der Waals surface area contributed by atoms with E-state index in [4.69, 9.17) is 4.74 Å². The number of nitrogens with one attached hydrogen (secondary N) is 2. The van der Waals surface area contributed by atoms with Crippen LogP contribution in [0.1, 0.15) is 47.2 Å². The summed E-state index contributed by atoms with van der Waals surface area (Å²) >= 11 is 0. The number of amides is 2. The molecule has 2 aromatic rings. The van der Waals surface area contributed by atoms with E-state index < -0.39 is 16.1 Å². The van der Waals surface area contributed by atoms with E-state index >= 15 is 0 Å². The fourth-order valence-electron chi connectivity index (χ4n) is 4.61. The number of rotatable bonds is 8. The monoisotopic (exact) mass is 485 g/mol. The van der Waals surface area contributed by atoms with Crippen molar-refractivity contribution in [3.05, 3.63) is 59.2 Å². The molecule has 2 N–H and O–H groups in total. The quantitative estimate of drug-likeness (QED) is 0.560. The molecule has 0 radical (unpaired) electrons. The maximum atomic E-state index is 13.0. The molecular formula is C25H31N3O5S. The van der Waals surface area contributed by atoms with Crippen LogP contribution in [-0.2, 0) is 32.4 Å². The number of sulfonamides is 1. The average Bonchev–Trinajstić information content (AvgIpc) is 3.34. The lowest BCUT2D eigenvalue weighted by Crippen LogP contribution is -2.46. The minimum atomic E-state index is -3.74. The lowest BCUT2D eigenvalue weighted by atomic mass is 9.92. The normalized spacial score (nSPS) is 17.8. The molecule has 8 nitrogen and oxygen atoms in total. The van der Waals surface area contributed by atoms with Gasteiger partial charge in [-0.3, -0.25) is 14.3 Å². The zero-order valence-corrected chi connectivity index (χ0v) is 20.2. The van der Waals surface area contributed by atoms with Crippen LogP contribution in [0.4, 0.5) is 5.69 Å². The summed E-state index contributed by atoms with van der Waals surface area (Å²) in [6.45, 7) is 1.32. The largest absolute Gasteiger partial charge is 0.383 e. The SMILES string of the molecule is COCCNC(=O)C1CCCN1C(=O)c1ccc(NS(=O)(=O)c2ccc3c(c2)CCCC3)cc1. The predicted octanol–water partition coefficient (Wildman–Crippen LogP) is 2.73. The molecule has 0 saturated carbocycles. The summed E-state index contributed by atoms with van der Waals surface area (Å²) in [6, 6.07) is 11.1. The van der Waals surface area contributed by atoms with Crippen LogP contribution in [0.25, 0.3) is 0 Å². The number of anilines is 1. The lowest BCUT2D eigenvalue weighted by molar-refractivity contribution is -0.125. The summed E-state index contributed by atoms with van der Waals surface area (Å²) in [6.07, 6.45) is 5.48. The Labute approximate surface area is 200 Å². The molecule has 1 fully saturated rings. The fraction of sp³-hybridized carbons (Fsp3) is 0.440. The summed E-state index contributed by atoms with van der Waals surface area (Å²) in [4.78, 5) is 27.3. The smallest absolute Gasteiger partial charge is 0.261 e. The minimum Gasteiger partial charge on any atom is -0.383 e. The molecule has 2 aliphatic rings. The van der Waals surface area contributed by atoms with Gasteiger partial charge in [0.25, 0.3) is 15.9 Å². The van der Waals surface area contributed by atoms with E-state index in [1.165, 1.54) is 5.56 Å². The lowest BCUT2D eigenvalue weighted by Gasteiger charge is -2.24. The van der Waals surface area contributed by atoms with Gasteiger partial charge < -0.3 is 15.0 Å². The molecule has 1 unspecified atom stereocenters. The highest BCUT2D eigenvalue weighted by Crippen LogP contribution is 2.26. The molecule has 2 amide bonds. The van der Waals surface area contributed by atoms with E-state index in [1.807, 2.05) is 6.07 Å². The molecule has 1 atom stereocenters. The van der Waals surface area contributed by atoms with Crippen LogP contribution in [0.5, 0.6) is 0 Å². The number of hydrogen-bond acceptors (Lipinski definition) is 5. The van der Waals surface area contributed by atoms with E-state index in [1.54, 1.807) is 48.4 Å². The summed E-state index contributed by atoms with van der Waals surface area (Å²) in [5.74, 6) is -0.425. The number of aryl methyl sites for hydroxylation is 2. The zero-order chi connectivity index (χ0) is 24.1. The Kier molecular flexibility index (Phi) is 7.53. The van der Waals surface area contributed by atoms with E-state index in [0.717, 1.165) is 37.7 Å². The van der Waals surface area contributed by atoms with Gasteiger partial charge in [-0.1, -0.05) is 6.07 Å². The van der Waals surface area contributed by atoms with Crippen LogP contribution < -0.4 is 10.0 Å². The first-order valence-electron chi connectivity index (χ1n) is 11.7. The molecule has 1 aliphatic carbocycles. The third kappa shape index (κ3) is 5.42. The second-order valence-electron chi connectivity index (χ2n) is 8.76. The number of carbonyl (C=O) groups excluding carboxylic acids is 2. The Balaban J connectivity index is 1.42. The number of methoxy groups -OCH3 is 1. The zero-order valence-electron chi connectivity index (χ0n) is 19.4. The van der Waals surface area contributed by atoms with E-state index in [0.29, 0.717) is 37.4 Å². The maximum absolute atomic E-state index is 13.0. The number of hydrogen-bond donors (Lipinski definition) is 2. The Bertz CT molecular complexity index is 1150.